The normalized spacial score (nSPS) is 14.2. The molecule has 1 aliphatic rings. The minimum atomic E-state index is -0.157. The highest BCUT2D eigenvalue weighted by molar-refractivity contribution is 5.95. The zero-order valence-electron chi connectivity index (χ0n) is 11.5. The summed E-state index contributed by atoms with van der Waals surface area (Å²) in [6.45, 7) is 3.96. The van der Waals surface area contributed by atoms with Crippen LogP contribution in [-0.2, 0) is 17.6 Å². The zero-order valence-corrected chi connectivity index (χ0v) is 11.5. The van der Waals surface area contributed by atoms with E-state index < -0.39 is 0 Å². The van der Waals surface area contributed by atoms with Gasteiger partial charge in [-0.15, -0.1) is 0 Å². The average molecular weight is 269 g/mol. The van der Waals surface area contributed by atoms with Crippen molar-refractivity contribution in [2.45, 2.75) is 32.7 Å². The fourth-order valence-corrected chi connectivity index (χ4v) is 2.60. The zero-order chi connectivity index (χ0) is 14.7. The van der Waals surface area contributed by atoms with E-state index >= 15 is 0 Å². The molecule has 0 fully saturated rings. The molecule has 1 amide bonds. The van der Waals surface area contributed by atoms with Crippen molar-refractivity contribution in [3.63, 3.8) is 0 Å². The first-order valence-electron chi connectivity index (χ1n) is 6.45. The van der Waals surface area contributed by atoms with Crippen molar-refractivity contribution >= 4 is 11.6 Å². The Labute approximate surface area is 117 Å². The van der Waals surface area contributed by atoms with Gasteiger partial charge in [0.25, 0.3) is 0 Å². The highest BCUT2D eigenvalue weighted by atomic mass is 16.2. The molecule has 0 aromatic heterocycles. The molecule has 1 aromatic rings. The highest BCUT2D eigenvalue weighted by Gasteiger charge is 2.26. The molecule has 6 nitrogen and oxygen atoms in total. The molecule has 102 valence electrons. The van der Waals surface area contributed by atoms with E-state index in [4.69, 9.17) is 5.53 Å². The predicted molar refractivity (Wildman–Crippen MR) is 75.2 cm³/mol. The van der Waals surface area contributed by atoms with Crippen molar-refractivity contribution < 1.29 is 4.79 Å². The van der Waals surface area contributed by atoms with E-state index in [0.29, 0.717) is 18.5 Å². The van der Waals surface area contributed by atoms with E-state index in [1.165, 1.54) is 6.92 Å². The maximum absolute atomic E-state index is 11.6. The van der Waals surface area contributed by atoms with E-state index in [1.807, 2.05) is 13.0 Å². The maximum Gasteiger partial charge on any atom is 0.223 e. The Kier molecular flexibility index (Phi) is 3.92. The number of carbonyl (C=O) groups is 1. The fraction of sp³-hybridized carbons (Fsp3) is 0.429. The number of rotatable bonds is 3. The maximum atomic E-state index is 11.6. The summed E-state index contributed by atoms with van der Waals surface area (Å²) < 4.78 is 0. The number of nitrogens with zero attached hydrogens (tertiary/aromatic N) is 5. The predicted octanol–water partition coefficient (Wildman–Crippen LogP) is 2.71. The quantitative estimate of drug-likeness (QED) is 0.479. The molecule has 2 rings (SSSR count). The summed E-state index contributed by atoms with van der Waals surface area (Å²) in [5, 5.41) is 12.9. The summed E-state index contributed by atoms with van der Waals surface area (Å²) in [7, 11) is 0. The SMILES string of the molecule is CC(=O)N1CCc2cc(CC(C)N=[N+]=[N-])cc(C#N)c21. The van der Waals surface area contributed by atoms with Gasteiger partial charge in [-0.1, -0.05) is 18.1 Å². The molecule has 6 heteroatoms. The number of benzene rings is 1. The first-order valence-corrected chi connectivity index (χ1v) is 6.45. The number of anilines is 1. The van der Waals surface area contributed by atoms with Crippen LogP contribution >= 0.6 is 0 Å². The average Bonchev–Trinajstić information content (AvgIpc) is 2.81. The number of nitriles is 1. The van der Waals surface area contributed by atoms with Crippen molar-refractivity contribution in [1.29, 1.82) is 5.26 Å². The lowest BCUT2D eigenvalue weighted by molar-refractivity contribution is -0.116. The lowest BCUT2D eigenvalue weighted by atomic mass is 9.99. The standard InChI is InChI=1S/C14H15N5O/c1-9(17-18-16)5-11-6-12-3-4-19(10(2)20)14(12)13(7-11)8-15/h6-7,9H,3-5H2,1-2H3. The minimum Gasteiger partial charge on any atom is -0.311 e. The lowest BCUT2D eigenvalue weighted by Crippen LogP contribution is -2.26. The summed E-state index contributed by atoms with van der Waals surface area (Å²) in [6, 6.07) is 5.79. The molecular weight excluding hydrogens is 254 g/mol. The molecule has 0 bridgehead atoms. The van der Waals surface area contributed by atoms with Gasteiger partial charge in [-0.2, -0.15) is 5.26 Å². The third-order valence-electron chi connectivity index (χ3n) is 3.40. The Morgan fingerprint density at radius 1 is 1.65 bits per heavy atom. The molecule has 1 unspecified atom stereocenters. The van der Waals surface area contributed by atoms with Crippen molar-refractivity contribution in [2.75, 3.05) is 11.4 Å². The van der Waals surface area contributed by atoms with Crippen LogP contribution in [0.5, 0.6) is 0 Å². The van der Waals surface area contributed by atoms with Gasteiger partial charge in [0, 0.05) is 24.4 Å². The molecule has 20 heavy (non-hydrogen) atoms. The molecule has 1 aliphatic heterocycles. The van der Waals surface area contributed by atoms with Crippen LogP contribution in [0, 0.1) is 11.3 Å². The molecule has 0 saturated carbocycles. The molecule has 0 N–H and O–H groups in total. The van der Waals surface area contributed by atoms with E-state index in [-0.39, 0.29) is 11.9 Å². The van der Waals surface area contributed by atoms with Crippen LogP contribution in [0.3, 0.4) is 0 Å². The second-order valence-corrected chi connectivity index (χ2v) is 4.94. The van der Waals surface area contributed by atoms with Gasteiger partial charge in [0.2, 0.25) is 5.91 Å². The Morgan fingerprint density at radius 2 is 2.40 bits per heavy atom. The number of azide groups is 1. The Bertz CT molecular complexity index is 640. The first kappa shape index (κ1) is 13.9. The minimum absolute atomic E-state index is 0.0459. The summed E-state index contributed by atoms with van der Waals surface area (Å²) in [5.41, 5.74) is 11.7. The van der Waals surface area contributed by atoms with E-state index in [0.717, 1.165) is 23.2 Å². The van der Waals surface area contributed by atoms with Crippen molar-refractivity contribution in [3.8, 4) is 6.07 Å². The number of hydrogen-bond acceptors (Lipinski definition) is 3. The van der Waals surface area contributed by atoms with Crippen LogP contribution in [0.25, 0.3) is 10.4 Å². The molecule has 0 aliphatic carbocycles. The molecule has 0 saturated heterocycles. The molecule has 0 radical (unpaired) electrons. The van der Waals surface area contributed by atoms with Gasteiger partial charge in [-0.05, 0) is 35.6 Å². The lowest BCUT2D eigenvalue weighted by Gasteiger charge is -2.17. The summed E-state index contributed by atoms with van der Waals surface area (Å²) in [5.74, 6) is -0.0459. The molecule has 1 atom stereocenters. The summed E-state index contributed by atoms with van der Waals surface area (Å²) in [4.78, 5) is 16.0. The summed E-state index contributed by atoms with van der Waals surface area (Å²) in [6.07, 6.45) is 1.35. The van der Waals surface area contributed by atoms with E-state index in [9.17, 15) is 10.1 Å². The van der Waals surface area contributed by atoms with Crippen molar-refractivity contribution in [3.05, 3.63) is 39.3 Å². The first-order chi connectivity index (χ1) is 9.56. The Morgan fingerprint density at radius 3 is 3.00 bits per heavy atom. The fourth-order valence-electron chi connectivity index (χ4n) is 2.60. The largest absolute Gasteiger partial charge is 0.311 e. The smallest absolute Gasteiger partial charge is 0.223 e. The van der Waals surface area contributed by atoms with Crippen molar-refractivity contribution in [2.24, 2.45) is 5.11 Å². The third-order valence-corrected chi connectivity index (χ3v) is 3.40. The van der Waals surface area contributed by atoms with Gasteiger partial charge in [0.05, 0.1) is 11.3 Å². The van der Waals surface area contributed by atoms with Crippen LogP contribution in [0.2, 0.25) is 0 Å². The second kappa shape index (κ2) is 5.64. The molecule has 1 heterocycles. The number of carbonyl (C=O) groups excluding carboxylic acids is 1. The van der Waals surface area contributed by atoms with Crippen molar-refractivity contribution in [1.82, 2.24) is 0 Å². The van der Waals surface area contributed by atoms with Gasteiger partial charge < -0.3 is 4.90 Å². The third kappa shape index (κ3) is 2.58. The molecular formula is C14H15N5O. The number of amides is 1. The summed E-state index contributed by atoms with van der Waals surface area (Å²) >= 11 is 0. The van der Waals surface area contributed by atoms with Gasteiger partial charge in [-0.3, -0.25) is 4.79 Å². The van der Waals surface area contributed by atoms with Crippen LogP contribution in [0.15, 0.2) is 17.2 Å². The molecule has 1 aromatic carbocycles. The van der Waals surface area contributed by atoms with E-state index in [2.05, 4.69) is 16.1 Å². The number of hydrogen-bond donors (Lipinski definition) is 0. The number of fused-ring (bicyclic) bond motifs is 1. The van der Waals surface area contributed by atoms with Crippen LogP contribution in [0.1, 0.15) is 30.5 Å². The Balaban J connectivity index is 2.40. The van der Waals surface area contributed by atoms with Gasteiger partial charge >= 0.3 is 0 Å². The van der Waals surface area contributed by atoms with E-state index in [1.54, 1.807) is 11.0 Å². The monoisotopic (exact) mass is 269 g/mol. The second-order valence-electron chi connectivity index (χ2n) is 4.94. The van der Waals surface area contributed by atoms with Crippen LogP contribution in [-0.4, -0.2) is 18.5 Å². The van der Waals surface area contributed by atoms with Gasteiger partial charge in [-0.25, -0.2) is 0 Å². The Hall–Kier alpha value is -2.51. The van der Waals surface area contributed by atoms with Gasteiger partial charge in [0.15, 0.2) is 0 Å². The molecule has 0 spiro atoms. The van der Waals surface area contributed by atoms with Gasteiger partial charge in [0.1, 0.15) is 6.07 Å². The highest BCUT2D eigenvalue weighted by Crippen LogP contribution is 2.33. The van der Waals surface area contributed by atoms with Crippen LogP contribution in [0.4, 0.5) is 5.69 Å². The topological polar surface area (TPSA) is 92.9 Å². The van der Waals surface area contributed by atoms with Crippen LogP contribution < -0.4 is 4.90 Å².